The summed E-state index contributed by atoms with van der Waals surface area (Å²) in [5.41, 5.74) is 5.91. The van der Waals surface area contributed by atoms with E-state index in [4.69, 9.17) is 5.73 Å². The number of likely N-dealkylation sites (N-methyl/N-ethyl adjacent to an activating group) is 2. The van der Waals surface area contributed by atoms with E-state index >= 15 is 0 Å². The molecule has 0 spiro atoms. The van der Waals surface area contributed by atoms with E-state index in [1.807, 2.05) is 0 Å². The van der Waals surface area contributed by atoms with Gasteiger partial charge >= 0.3 is 0 Å². The molecule has 0 saturated carbocycles. The zero-order chi connectivity index (χ0) is 12.7. The first-order valence-electron chi connectivity index (χ1n) is 6.52. The zero-order valence-electron chi connectivity index (χ0n) is 12.0. The third-order valence-electron chi connectivity index (χ3n) is 3.05. The van der Waals surface area contributed by atoms with E-state index in [0.29, 0.717) is 18.0 Å². The Kier molecular flexibility index (Phi) is 7.98. The Morgan fingerprint density at radius 3 is 2.00 bits per heavy atom. The van der Waals surface area contributed by atoms with Gasteiger partial charge in [-0.2, -0.15) is 0 Å². The van der Waals surface area contributed by atoms with Crippen molar-refractivity contribution in [2.75, 3.05) is 33.7 Å². The van der Waals surface area contributed by atoms with Crippen molar-refractivity contribution < 1.29 is 0 Å². The van der Waals surface area contributed by atoms with Gasteiger partial charge in [0, 0.05) is 25.2 Å². The molecule has 0 bridgehead atoms. The fourth-order valence-corrected chi connectivity index (χ4v) is 2.47. The molecule has 2 N–H and O–H groups in total. The lowest BCUT2D eigenvalue weighted by Crippen LogP contribution is -2.49. The normalized spacial score (nSPS) is 16.1. The van der Waals surface area contributed by atoms with Crippen LogP contribution in [0.4, 0.5) is 0 Å². The monoisotopic (exact) mass is 229 g/mol. The first-order valence-corrected chi connectivity index (χ1v) is 6.52. The minimum Gasteiger partial charge on any atom is -0.329 e. The Morgan fingerprint density at radius 1 is 1.12 bits per heavy atom. The van der Waals surface area contributed by atoms with Crippen molar-refractivity contribution in [2.24, 2.45) is 11.7 Å². The van der Waals surface area contributed by atoms with Gasteiger partial charge in [-0.05, 0) is 39.9 Å². The van der Waals surface area contributed by atoms with Crippen LogP contribution in [-0.4, -0.2) is 55.6 Å². The van der Waals surface area contributed by atoms with Gasteiger partial charge in [-0.1, -0.05) is 20.8 Å². The molecular formula is C13H31N3. The molecule has 0 aromatic rings. The molecule has 0 aliphatic heterocycles. The largest absolute Gasteiger partial charge is 0.329 e. The van der Waals surface area contributed by atoms with Gasteiger partial charge in [0.2, 0.25) is 0 Å². The van der Waals surface area contributed by atoms with Gasteiger partial charge in [-0.25, -0.2) is 0 Å². The summed E-state index contributed by atoms with van der Waals surface area (Å²) in [4.78, 5) is 4.79. The van der Waals surface area contributed by atoms with Gasteiger partial charge in [0.25, 0.3) is 0 Å². The molecular weight excluding hydrogens is 198 g/mol. The van der Waals surface area contributed by atoms with Gasteiger partial charge in [0.1, 0.15) is 0 Å². The van der Waals surface area contributed by atoms with E-state index in [-0.39, 0.29) is 0 Å². The number of nitrogens with two attached hydrogens (primary N) is 1. The van der Waals surface area contributed by atoms with E-state index in [2.05, 4.69) is 51.6 Å². The van der Waals surface area contributed by atoms with E-state index in [1.165, 1.54) is 6.42 Å². The molecule has 0 saturated heterocycles. The smallest absolute Gasteiger partial charge is 0.0224 e. The molecule has 2 atom stereocenters. The lowest BCUT2D eigenvalue weighted by atomic mass is 10.0. The molecule has 0 amide bonds. The van der Waals surface area contributed by atoms with Gasteiger partial charge < -0.3 is 10.6 Å². The Hall–Kier alpha value is -0.120. The van der Waals surface area contributed by atoms with E-state index in [1.54, 1.807) is 0 Å². The van der Waals surface area contributed by atoms with Crippen LogP contribution in [0.15, 0.2) is 0 Å². The fourth-order valence-electron chi connectivity index (χ4n) is 2.47. The number of rotatable bonds is 8. The van der Waals surface area contributed by atoms with Gasteiger partial charge in [0.15, 0.2) is 0 Å². The summed E-state index contributed by atoms with van der Waals surface area (Å²) in [6.45, 7) is 12.0. The maximum atomic E-state index is 5.91. The lowest BCUT2D eigenvalue weighted by molar-refractivity contribution is 0.117. The highest BCUT2D eigenvalue weighted by Crippen LogP contribution is 2.14. The summed E-state index contributed by atoms with van der Waals surface area (Å²) in [7, 11) is 4.26. The second-order valence-electron chi connectivity index (χ2n) is 5.46. The van der Waals surface area contributed by atoms with E-state index in [0.717, 1.165) is 19.6 Å². The second kappa shape index (κ2) is 8.04. The average molecular weight is 229 g/mol. The van der Waals surface area contributed by atoms with Crippen molar-refractivity contribution in [1.82, 2.24) is 9.80 Å². The van der Waals surface area contributed by atoms with Crippen molar-refractivity contribution in [3.8, 4) is 0 Å². The third kappa shape index (κ3) is 5.83. The average Bonchev–Trinajstić information content (AvgIpc) is 2.15. The lowest BCUT2D eigenvalue weighted by Gasteiger charge is -2.37. The van der Waals surface area contributed by atoms with E-state index in [9.17, 15) is 0 Å². The molecule has 0 radical (unpaired) electrons. The quantitative estimate of drug-likeness (QED) is 0.687. The van der Waals surface area contributed by atoms with Crippen LogP contribution in [0.2, 0.25) is 0 Å². The molecule has 3 nitrogen and oxygen atoms in total. The van der Waals surface area contributed by atoms with Crippen molar-refractivity contribution in [1.29, 1.82) is 0 Å². The SMILES string of the molecule is CCN(C(C)CN(C)C)C(CN)CC(C)C. The van der Waals surface area contributed by atoms with Crippen molar-refractivity contribution in [3.63, 3.8) is 0 Å². The molecule has 0 aromatic carbocycles. The predicted molar refractivity (Wildman–Crippen MR) is 72.7 cm³/mol. The summed E-state index contributed by atoms with van der Waals surface area (Å²) in [5, 5.41) is 0. The molecule has 3 heteroatoms. The Morgan fingerprint density at radius 2 is 1.69 bits per heavy atom. The Balaban J connectivity index is 4.41. The fraction of sp³-hybridized carbons (Fsp3) is 1.00. The highest BCUT2D eigenvalue weighted by molar-refractivity contribution is 4.79. The van der Waals surface area contributed by atoms with Crippen LogP contribution < -0.4 is 5.73 Å². The van der Waals surface area contributed by atoms with Gasteiger partial charge in [-0.3, -0.25) is 4.90 Å². The van der Waals surface area contributed by atoms with Crippen molar-refractivity contribution in [2.45, 2.75) is 46.2 Å². The van der Waals surface area contributed by atoms with Crippen LogP contribution in [0.5, 0.6) is 0 Å². The second-order valence-corrected chi connectivity index (χ2v) is 5.46. The Bertz CT molecular complexity index is 169. The number of hydrogen-bond acceptors (Lipinski definition) is 3. The topological polar surface area (TPSA) is 32.5 Å². The maximum Gasteiger partial charge on any atom is 0.0224 e. The first-order chi connectivity index (χ1) is 7.42. The van der Waals surface area contributed by atoms with Crippen LogP contribution >= 0.6 is 0 Å². The summed E-state index contributed by atoms with van der Waals surface area (Å²) in [5.74, 6) is 0.717. The maximum absolute atomic E-state index is 5.91. The minimum absolute atomic E-state index is 0.528. The van der Waals surface area contributed by atoms with Crippen LogP contribution in [0.1, 0.15) is 34.1 Å². The summed E-state index contributed by atoms with van der Waals surface area (Å²) >= 11 is 0. The molecule has 98 valence electrons. The van der Waals surface area contributed by atoms with Crippen molar-refractivity contribution >= 4 is 0 Å². The molecule has 0 aliphatic carbocycles. The highest BCUT2D eigenvalue weighted by atomic mass is 15.2. The van der Waals surface area contributed by atoms with Gasteiger partial charge in [0.05, 0.1) is 0 Å². The first kappa shape index (κ1) is 15.9. The molecule has 0 aromatic heterocycles. The summed E-state index contributed by atoms with van der Waals surface area (Å²) < 4.78 is 0. The molecule has 16 heavy (non-hydrogen) atoms. The predicted octanol–water partition coefficient (Wildman–Crippen LogP) is 1.63. The molecule has 2 unspecified atom stereocenters. The summed E-state index contributed by atoms with van der Waals surface area (Å²) in [6.07, 6.45) is 1.20. The van der Waals surface area contributed by atoms with Crippen LogP contribution in [0.25, 0.3) is 0 Å². The highest BCUT2D eigenvalue weighted by Gasteiger charge is 2.22. The molecule has 0 rings (SSSR count). The summed E-state index contributed by atoms with van der Waals surface area (Å²) in [6, 6.07) is 1.10. The third-order valence-corrected chi connectivity index (χ3v) is 3.05. The van der Waals surface area contributed by atoms with Crippen LogP contribution in [-0.2, 0) is 0 Å². The molecule has 0 heterocycles. The molecule has 0 aliphatic rings. The zero-order valence-corrected chi connectivity index (χ0v) is 12.0. The molecule has 0 fully saturated rings. The Labute approximate surface area is 102 Å². The van der Waals surface area contributed by atoms with Crippen LogP contribution in [0.3, 0.4) is 0 Å². The van der Waals surface area contributed by atoms with Crippen molar-refractivity contribution in [3.05, 3.63) is 0 Å². The van der Waals surface area contributed by atoms with Gasteiger partial charge in [-0.15, -0.1) is 0 Å². The van der Waals surface area contributed by atoms with E-state index < -0.39 is 0 Å². The minimum atomic E-state index is 0.528. The standard InChI is InChI=1S/C13H31N3/c1-7-16(12(4)10-15(5)6)13(9-14)8-11(2)3/h11-13H,7-10,14H2,1-6H3. The van der Waals surface area contributed by atoms with Crippen LogP contribution in [0, 0.1) is 5.92 Å². The number of nitrogens with zero attached hydrogens (tertiary/aromatic N) is 2. The number of hydrogen-bond donors (Lipinski definition) is 1.